The molecule has 2 heterocycles. The predicted octanol–water partition coefficient (Wildman–Crippen LogP) is 2.76. The van der Waals surface area contributed by atoms with Crippen molar-refractivity contribution in [3.05, 3.63) is 22.3 Å². The summed E-state index contributed by atoms with van der Waals surface area (Å²) in [7, 11) is 0. The van der Waals surface area contributed by atoms with E-state index in [1.54, 1.807) is 0 Å². The van der Waals surface area contributed by atoms with Crippen LogP contribution in [0.15, 0.2) is 6.07 Å². The molecule has 2 aromatic rings. The third kappa shape index (κ3) is 3.22. The molecule has 0 aliphatic heterocycles. The normalized spacial score (nSPS) is 11.6. The van der Waals surface area contributed by atoms with Gasteiger partial charge >= 0.3 is 0 Å². The lowest BCUT2D eigenvalue weighted by molar-refractivity contribution is 0.102. The van der Waals surface area contributed by atoms with E-state index in [1.165, 1.54) is 0 Å². The zero-order valence-corrected chi connectivity index (χ0v) is 13.0. The Morgan fingerprint density at radius 3 is 2.85 bits per heavy atom. The van der Waals surface area contributed by atoms with Crippen LogP contribution in [-0.4, -0.2) is 25.7 Å². The number of carbonyl (C=O) groups excluding carboxylic acids is 1. The summed E-state index contributed by atoms with van der Waals surface area (Å²) in [6.07, 6.45) is 1.95. The van der Waals surface area contributed by atoms with Crippen molar-refractivity contribution in [2.24, 2.45) is 0 Å². The van der Waals surface area contributed by atoms with Gasteiger partial charge in [0.05, 0.1) is 5.69 Å². The standard InChI is InChI=1S/C13H19N5OS/c1-5-6-8-7-9(16-15-8)14-12(19)10-11(13(2,3)4)17-18-20-10/h7H,5-6H2,1-4H3,(H2,14,15,16,19). The molecule has 0 saturated heterocycles. The van der Waals surface area contributed by atoms with Crippen molar-refractivity contribution in [1.29, 1.82) is 0 Å². The first-order chi connectivity index (χ1) is 9.41. The highest BCUT2D eigenvalue weighted by atomic mass is 32.1. The minimum atomic E-state index is -0.210. The van der Waals surface area contributed by atoms with Gasteiger partial charge in [0.15, 0.2) is 5.82 Å². The van der Waals surface area contributed by atoms with Crippen LogP contribution in [0, 0.1) is 0 Å². The van der Waals surface area contributed by atoms with Gasteiger partial charge in [0.1, 0.15) is 4.88 Å². The van der Waals surface area contributed by atoms with E-state index in [4.69, 9.17) is 0 Å². The Morgan fingerprint density at radius 1 is 1.45 bits per heavy atom. The average Bonchev–Trinajstić information content (AvgIpc) is 2.97. The molecule has 20 heavy (non-hydrogen) atoms. The van der Waals surface area contributed by atoms with Crippen LogP contribution < -0.4 is 5.32 Å². The molecular formula is C13H19N5OS. The van der Waals surface area contributed by atoms with E-state index in [0.29, 0.717) is 16.4 Å². The van der Waals surface area contributed by atoms with Gasteiger partial charge in [-0.2, -0.15) is 5.10 Å². The minimum absolute atomic E-state index is 0.209. The van der Waals surface area contributed by atoms with E-state index < -0.39 is 0 Å². The van der Waals surface area contributed by atoms with Gasteiger partial charge in [-0.05, 0) is 18.0 Å². The number of carbonyl (C=O) groups is 1. The minimum Gasteiger partial charge on any atom is -0.304 e. The Kier molecular flexibility index (Phi) is 4.17. The van der Waals surface area contributed by atoms with Gasteiger partial charge in [0.25, 0.3) is 5.91 Å². The van der Waals surface area contributed by atoms with Crippen LogP contribution in [0.4, 0.5) is 5.82 Å². The summed E-state index contributed by atoms with van der Waals surface area (Å²) >= 11 is 1.11. The van der Waals surface area contributed by atoms with E-state index in [1.807, 2.05) is 26.8 Å². The highest BCUT2D eigenvalue weighted by molar-refractivity contribution is 7.08. The van der Waals surface area contributed by atoms with Crippen LogP contribution in [0.2, 0.25) is 0 Å². The van der Waals surface area contributed by atoms with Crippen LogP contribution in [-0.2, 0) is 11.8 Å². The zero-order valence-electron chi connectivity index (χ0n) is 12.1. The molecule has 0 aromatic carbocycles. The maximum absolute atomic E-state index is 12.3. The molecule has 0 fully saturated rings. The highest BCUT2D eigenvalue weighted by Crippen LogP contribution is 2.26. The fourth-order valence-corrected chi connectivity index (χ4v) is 2.60. The molecule has 0 unspecified atom stereocenters. The Bertz CT molecular complexity index is 596. The molecule has 0 atom stereocenters. The van der Waals surface area contributed by atoms with Crippen LogP contribution in [0.5, 0.6) is 0 Å². The fourth-order valence-electron chi connectivity index (χ4n) is 1.83. The Labute approximate surface area is 122 Å². The summed E-state index contributed by atoms with van der Waals surface area (Å²) in [4.78, 5) is 12.8. The van der Waals surface area contributed by atoms with Crippen molar-refractivity contribution < 1.29 is 4.79 Å². The van der Waals surface area contributed by atoms with Crippen molar-refractivity contribution in [1.82, 2.24) is 19.8 Å². The number of anilines is 1. The van der Waals surface area contributed by atoms with Crippen molar-refractivity contribution in [2.45, 2.75) is 46.0 Å². The number of nitrogens with one attached hydrogen (secondary N) is 2. The van der Waals surface area contributed by atoms with E-state index in [-0.39, 0.29) is 11.3 Å². The quantitative estimate of drug-likeness (QED) is 0.908. The molecule has 2 aromatic heterocycles. The summed E-state index contributed by atoms with van der Waals surface area (Å²) < 4.78 is 3.89. The van der Waals surface area contributed by atoms with Gasteiger partial charge in [0, 0.05) is 17.2 Å². The molecule has 0 aliphatic carbocycles. The molecule has 0 radical (unpaired) electrons. The number of aryl methyl sites for hydroxylation is 1. The lowest BCUT2D eigenvalue weighted by atomic mass is 9.91. The molecule has 0 bridgehead atoms. The van der Waals surface area contributed by atoms with E-state index >= 15 is 0 Å². The number of hydrogen-bond donors (Lipinski definition) is 2. The molecule has 1 amide bonds. The lowest BCUT2D eigenvalue weighted by Crippen LogP contribution is -2.20. The molecular weight excluding hydrogens is 274 g/mol. The number of amides is 1. The molecule has 108 valence electrons. The van der Waals surface area contributed by atoms with Crippen LogP contribution >= 0.6 is 11.5 Å². The molecule has 7 heteroatoms. The first kappa shape index (κ1) is 14.6. The number of H-pyrrole nitrogens is 1. The maximum Gasteiger partial charge on any atom is 0.270 e. The van der Waals surface area contributed by atoms with Gasteiger partial charge in [0.2, 0.25) is 0 Å². The van der Waals surface area contributed by atoms with Crippen molar-refractivity contribution >= 4 is 23.3 Å². The van der Waals surface area contributed by atoms with Crippen molar-refractivity contribution in [2.75, 3.05) is 5.32 Å². The zero-order chi connectivity index (χ0) is 14.8. The largest absolute Gasteiger partial charge is 0.304 e. The Balaban J connectivity index is 2.14. The number of aromatic nitrogens is 4. The summed E-state index contributed by atoms with van der Waals surface area (Å²) in [5.41, 5.74) is 1.52. The monoisotopic (exact) mass is 293 g/mol. The van der Waals surface area contributed by atoms with Gasteiger partial charge in [-0.15, -0.1) is 5.10 Å². The lowest BCUT2D eigenvalue weighted by Gasteiger charge is -2.15. The highest BCUT2D eigenvalue weighted by Gasteiger charge is 2.26. The average molecular weight is 293 g/mol. The first-order valence-corrected chi connectivity index (χ1v) is 7.37. The fraction of sp³-hybridized carbons (Fsp3) is 0.538. The molecule has 2 rings (SSSR count). The van der Waals surface area contributed by atoms with Gasteiger partial charge in [-0.1, -0.05) is 38.6 Å². The molecule has 0 saturated carbocycles. The second-order valence-corrected chi connectivity index (χ2v) is 6.44. The smallest absolute Gasteiger partial charge is 0.270 e. The van der Waals surface area contributed by atoms with Crippen LogP contribution in [0.3, 0.4) is 0 Å². The third-order valence-electron chi connectivity index (χ3n) is 2.80. The number of aromatic amines is 1. The topological polar surface area (TPSA) is 83.6 Å². The third-order valence-corrected chi connectivity index (χ3v) is 3.52. The number of rotatable bonds is 4. The Morgan fingerprint density at radius 2 is 2.20 bits per heavy atom. The van der Waals surface area contributed by atoms with Crippen LogP contribution in [0.25, 0.3) is 0 Å². The van der Waals surface area contributed by atoms with E-state index in [0.717, 1.165) is 30.1 Å². The van der Waals surface area contributed by atoms with Gasteiger partial charge in [-0.3, -0.25) is 9.89 Å². The van der Waals surface area contributed by atoms with Gasteiger partial charge in [-0.25, -0.2) is 0 Å². The maximum atomic E-state index is 12.3. The molecule has 2 N–H and O–H groups in total. The first-order valence-electron chi connectivity index (χ1n) is 6.60. The predicted molar refractivity (Wildman–Crippen MR) is 79.1 cm³/mol. The summed E-state index contributed by atoms with van der Waals surface area (Å²) in [5, 5.41) is 13.8. The van der Waals surface area contributed by atoms with E-state index in [2.05, 4.69) is 32.0 Å². The second kappa shape index (κ2) is 5.70. The number of hydrogen-bond acceptors (Lipinski definition) is 5. The summed E-state index contributed by atoms with van der Waals surface area (Å²) in [5.74, 6) is 0.325. The molecule has 0 aliphatic rings. The van der Waals surface area contributed by atoms with Crippen molar-refractivity contribution in [3.8, 4) is 0 Å². The molecule has 0 spiro atoms. The molecule has 6 nitrogen and oxygen atoms in total. The SMILES string of the molecule is CCCc1cc(NC(=O)c2snnc2C(C)(C)C)n[nH]1. The number of nitrogens with zero attached hydrogens (tertiary/aromatic N) is 3. The van der Waals surface area contributed by atoms with Crippen molar-refractivity contribution in [3.63, 3.8) is 0 Å². The summed E-state index contributed by atoms with van der Waals surface area (Å²) in [6.45, 7) is 8.12. The van der Waals surface area contributed by atoms with E-state index in [9.17, 15) is 4.79 Å². The van der Waals surface area contributed by atoms with Crippen LogP contribution in [0.1, 0.15) is 55.2 Å². The summed E-state index contributed by atoms with van der Waals surface area (Å²) in [6, 6.07) is 1.85. The van der Waals surface area contributed by atoms with Gasteiger partial charge < -0.3 is 5.32 Å². The Hall–Kier alpha value is -1.76. The second-order valence-electron chi connectivity index (χ2n) is 5.68.